The molecular weight excluding hydrogens is 222 g/mol. The Kier molecular flexibility index (Phi) is 3.65. The normalized spacial score (nSPS) is 38.3. The van der Waals surface area contributed by atoms with Crippen LogP contribution in [0.5, 0.6) is 0 Å². The third kappa shape index (κ3) is 2.21. The van der Waals surface area contributed by atoms with E-state index in [9.17, 15) is 0 Å². The van der Waals surface area contributed by atoms with E-state index in [0.717, 1.165) is 12.1 Å². The average Bonchev–Trinajstić information content (AvgIpc) is 2.71. The van der Waals surface area contributed by atoms with Crippen molar-refractivity contribution in [3.05, 3.63) is 0 Å². The number of hydrogen-bond acceptors (Lipinski definition) is 3. The van der Waals surface area contributed by atoms with E-state index in [2.05, 4.69) is 29.1 Å². The molecule has 18 heavy (non-hydrogen) atoms. The highest BCUT2D eigenvalue weighted by Gasteiger charge is 2.44. The van der Waals surface area contributed by atoms with Crippen molar-refractivity contribution >= 4 is 0 Å². The number of hydrogen-bond donors (Lipinski definition) is 1. The fourth-order valence-electron chi connectivity index (χ4n) is 4.49. The van der Waals surface area contributed by atoms with Crippen LogP contribution in [0.15, 0.2) is 0 Å². The number of piperazine rings is 1. The average molecular weight is 251 g/mol. The van der Waals surface area contributed by atoms with Gasteiger partial charge in [0.25, 0.3) is 0 Å². The summed E-state index contributed by atoms with van der Waals surface area (Å²) in [6.45, 7) is 7.36. The molecule has 2 heterocycles. The zero-order chi connectivity index (χ0) is 12.6. The lowest BCUT2D eigenvalue weighted by Crippen LogP contribution is -2.65. The molecule has 0 aromatic heterocycles. The van der Waals surface area contributed by atoms with E-state index in [0.29, 0.717) is 5.54 Å². The van der Waals surface area contributed by atoms with Gasteiger partial charge >= 0.3 is 0 Å². The minimum atomic E-state index is 0.506. The molecule has 3 nitrogen and oxygen atoms in total. The Morgan fingerprint density at radius 2 is 1.94 bits per heavy atom. The Hall–Kier alpha value is -0.120. The maximum Gasteiger partial charge on any atom is 0.0337 e. The van der Waals surface area contributed by atoms with E-state index in [1.807, 2.05) is 0 Å². The topological polar surface area (TPSA) is 18.5 Å². The predicted octanol–water partition coefficient (Wildman–Crippen LogP) is 1.69. The van der Waals surface area contributed by atoms with Crippen molar-refractivity contribution in [1.82, 2.24) is 15.1 Å². The molecule has 2 aliphatic heterocycles. The first-order valence-electron chi connectivity index (χ1n) is 7.89. The fraction of sp³-hybridized carbons (Fsp3) is 1.00. The van der Waals surface area contributed by atoms with Gasteiger partial charge in [-0.25, -0.2) is 0 Å². The van der Waals surface area contributed by atoms with Gasteiger partial charge in [-0.05, 0) is 33.2 Å². The van der Waals surface area contributed by atoms with Gasteiger partial charge in [0.2, 0.25) is 0 Å². The molecule has 0 radical (unpaired) electrons. The van der Waals surface area contributed by atoms with Crippen LogP contribution in [0.25, 0.3) is 0 Å². The molecular formula is C15H29N3. The van der Waals surface area contributed by atoms with Crippen molar-refractivity contribution in [1.29, 1.82) is 0 Å². The summed E-state index contributed by atoms with van der Waals surface area (Å²) in [6, 6.07) is 1.58. The smallest absolute Gasteiger partial charge is 0.0337 e. The standard InChI is InChI=1S/C15H29N3/c1-13-10-14(11-17(13)2)18-9-8-16-12-15(18)6-4-3-5-7-15/h13-14,16H,3-12H2,1-2H3. The molecule has 2 unspecified atom stereocenters. The Morgan fingerprint density at radius 1 is 1.17 bits per heavy atom. The molecule has 0 bridgehead atoms. The maximum atomic E-state index is 3.67. The zero-order valence-corrected chi connectivity index (χ0v) is 12.1. The van der Waals surface area contributed by atoms with Crippen molar-refractivity contribution < 1.29 is 0 Å². The van der Waals surface area contributed by atoms with E-state index in [4.69, 9.17) is 0 Å². The first-order valence-corrected chi connectivity index (χ1v) is 7.89. The molecule has 1 saturated carbocycles. The molecule has 3 rings (SSSR count). The second-order valence-electron chi connectivity index (χ2n) is 6.83. The van der Waals surface area contributed by atoms with Crippen LogP contribution >= 0.6 is 0 Å². The summed E-state index contributed by atoms with van der Waals surface area (Å²) in [5.41, 5.74) is 0.506. The molecule has 0 aromatic rings. The van der Waals surface area contributed by atoms with Crippen molar-refractivity contribution in [3.63, 3.8) is 0 Å². The van der Waals surface area contributed by atoms with Crippen LogP contribution in [0.4, 0.5) is 0 Å². The Morgan fingerprint density at radius 3 is 2.61 bits per heavy atom. The van der Waals surface area contributed by atoms with E-state index in [1.54, 1.807) is 0 Å². The molecule has 3 heteroatoms. The first kappa shape index (κ1) is 12.9. The fourth-order valence-corrected chi connectivity index (χ4v) is 4.49. The van der Waals surface area contributed by atoms with E-state index < -0.39 is 0 Å². The van der Waals surface area contributed by atoms with Gasteiger partial charge in [0.15, 0.2) is 0 Å². The van der Waals surface area contributed by atoms with E-state index in [1.165, 1.54) is 64.7 Å². The molecule has 3 aliphatic rings. The monoisotopic (exact) mass is 251 g/mol. The summed E-state index contributed by atoms with van der Waals surface area (Å²) in [5, 5.41) is 3.67. The van der Waals surface area contributed by atoms with Gasteiger partial charge in [-0.2, -0.15) is 0 Å². The molecule has 2 atom stereocenters. The van der Waals surface area contributed by atoms with Gasteiger partial charge in [0.05, 0.1) is 0 Å². The minimum absolute atomic E-state index is 0.506. The quantitative estimate of drug-likeness (QED) is 0.765. The summed E-state index contributed by atoms with van der Waals surface area (Å²) >= 11 is 0. The molecule has 0 amide bonds. The molecule has 1 N–H and O–H groups in total. The number of likely N-dealkylation sites (tertiary alicyclic amines) is 1. The van der Waals surface area contributed by atoms with Crippen molar-refractivity contribution in [3.8, 4) is 0 Å². The highest BCUT2D eigenvalue weighted by Crippen LogP contribution is 2.38. The van der Waals surface area contributed by atoms with E-state index >= 15 is 0 Å². The molecule has 1 aliphatic carbocycles. The van der Waals surface area contributed by atoms with Crippen LogP contribution in [0, 0.1) is 0 Å². The summed E-state index contributed by atoms with van der Waals surface area (Å²) in [5.74, 6) is 0. The molecule has 3 fully saturated rings. The van der Waals surface area contributed by atoms with Gasteiger partial charge in [-0.15, -0.1) is 0 Å². The van der Waals surface area contributed by atoms with Crippen LogP contribution in [-0.2, 0) is 0 Å². The summed E-state index contributed by atoms with van der Waals surface area (Å²) in [7, 11) is 2.29. The minimum Gasteiger partial charge on any atom is -0.314 e. The lowest BCUT2D eigenvalue weighted by Gasteiger charge is -2.52. The van der Waals surface area contributed by atoms with Crippen LogP contribution < -0.4 is 5.32 Å². The van der Waals surface area contributed by atoms with Gasteiger partial charge in [-0.3, -0.25) is 4.90 Å². The Bertz CT molecular complexity index is 267. The Balaban J connectivity index is 1.75. The lowest BCUT2D eigenvalue weighted by molar-refractivity contribution is -0.00389. The second-order valence-corrected chi connectivity index (χ2v) is 6.83. The van der Waals surface area contributed by atoms with Crippen LogP contribution in [-0.4, -0.2) is 60.6 Å². The SMILES string of the molecule is CC1CC(N2CCNCC23CCCCC3)CN1C. The van der Waals surface area contributed by atoms with Gasteiger partial charge < -0.3 is 10.2 Å². The highest BCUT2D eigenvalue weighted by atomic mass is 15.3. The third-order valence-corrected chi connectivity index (χ3v) is 5.68. The number of nitrogens with one attached hydrogen (secondary N) is 1. The molecule has 2 saturated heterocycles. The lowest BCUT2D eigenvalue weighted by atomic mass is 9.78. The maximum absolute atomic E-state index is 3.67. The number of likely N-dealkylation sites (N-methyl/N-ethyl adjacent to an activating group) is 1. The number of nitrogens with zero attached hydrogens (tertiary/aromatic N) is 2. The largest absolute Gasteiger partial charge is 0.314 e. The van der Waals surface area contributed by atoms with Gasteiger partial charge in [0.1, 0.15) is 0 Å². The summed E-state index contributed by atoms with van der Waals surface area (Å²) < 4.78 is 0. The zero-order valence-electron chi connectivity index (χ0n) is 12.1. The molecule has 0 aromatic carbocycles. The third-order valence-electron chi connectivity index (χ3n) is 5.68. The van der Waals surface area contributed by atoms with E-state index in [-0.39, 0.29) is 0 Å². The highest BCUT2D eigenvalue weighted by molar-refractivity contribution is 5.02. The molecule has 1 spiro atoms. The van der Waals surface area contributed by atoms with Crippen molar-refractivity contribution in [2.75, 3.05) is 33.2 Å². The second kappa shape index (κ2) is 5.10. The summed E-state index contributed by atoms with van der Waals surface area (Å²) in [4.78, 5) is 5.45. The molecule has 104 valence electrons. The van der Waals surface area contributed by atoms with Crippen molar-refractivity contribution in [2.24, 2.45) is 0 Å². The van der Waals surface area contributed by atoms with Crippen molar-refractivity contribution in [2.45, 2.75) is 63.1 Å². The van der Waals surface area contributed by atoms with Crippen LogP contribution in [0.3, 0.4) is 0 Å². The number of rotatable bonds is 1. The predicted molar refractivity (Wildman–Crippen MR) is 75.9 cm³/mol. The first-order chi connectivity index (χ1) is 8.71. The Labute approximate surface area is 112 Å². The van der Waals surface area contributed by atoms with Crippen LogP contribution in [0.2, 0.25) is 0 Å². The summed E-state index contributed by atoms with van der Waals surface area (Å²) in [6.07, 6.45) is 8.56. The van der Waals surface area contributed by atoms with Crippen LogP contribution in [0.1, 0.15) is 45.4 Å². The van der Waals surface area contributed by atoms with Gasteiger partial charge in [-0.1, -0.05) is 19.3 Å². The van der Waals surface area contributed by atoms with Gasteiger partial charge in [0, 0.05) is 43.8 Å².